The Morgan fingerprint density at radius 2 is 2.00 bits per heavy atom. The third-order valence-corrected chi connectivity index (χ3v) is 2.55. The molecule has 0 unspecified atom stereocenters. The first-order valence-electron chi connectivity index (χ1n) is 5.76. The zero-order valence-electron chi connectivity index (χ0n) is 11.4. The highest BCUT2D eigenvalue weighted by atomic mass is 35.5. The van der Waals surface area contributed by atoms with E-state index in [1.54, 1.807) is 39.8 Å². The molecule has 0 aliphatic heterocycles. The molecule has 5 nitrogen and oxygen atoms in total. The van der Waals surface area contributed by atoms with E-state index in [1.807, 2.05) is 0 Å². The van der Waals surface area contributed by atoms with Crippen LogP contribution < -0.4 is 5.32 Å². The Hall–Kier alpha value is -1.62. The van der Waals surface area contributed by atoms with E-state index in [0.29, 0.717) is 17.0 Å². The number of alkyl carbamates (subject to hydrolysis) is 1. The summed E-state index contributed by atoms with van der Waals surface area (Å²) in [5, 5.41) is 2.84. The van der Waals surface area contributed by atoms with Crippen molar-refractivity contribution in [1.82, 2.24) is 10.3 Å². The molecule has 1 aromatic heterocycles. The lowest BCUT2D eigenvalue weighted by atomic mass is 9.95. The maximum absolute atomic E-state index is 11.7. The number of halogens is 1. The number of nitrogens with one attached hydrogen (secondary N) is 1. The van der Waals surface area contributed by atoms with Crippen molar-refractivity contribution in [2.45, 2.75) is 38.8 Å². The molecule has 1 rings (SSSR count). The average Bonchev–Trinajstić information content (AvgIpc) is 2.26. The highest BCUT2D eigenvalue weighted by molar-refractivity contribution is 6.29. The summed E-state index contributed by atoms with van der Waals surface area (Å²) in [5.74, 6) is 0. The first-order valence-corrected chi connectivity index (χ1v) is 6.13. The van der Waals surface area contributed by atoms with Gasteiger partial charge in [0.1, 0.15) is 22.6 Å². The van der Waals surface area contributed by atoms with Crippen molar-refractivity contribution >= 4 is 24.0 Å². The highest BCUT2D eigenvalue weighted by Gasteiger charge is 2.30. The van der Waals surface area contributed by atoms with Crippen molar-refractivity contribution in [1.29, 1.82) is 0 Å². The molecule has 19 heavy (non-hydrogen) atoms. The van der Waals surface area contributed by atoms with Crippen LogP contribution in [0.4, 0.5) is 4.79 Å². The van der Waals surface area contributed by atoms with Crippen LogP contribution in [0.25, 0.3) is 0 Å². The van der Waals surface area contributed by atoms with Gasteiger partial charge in [0.25, 0.3) is 0 Å². The second-order valence-electron chi connectivity index (χ2n) is 5.32. The molecule has 0 saturated carbocycles. The van der Waals surface area contributed by atoms with E-state index in [0.717, 1.165) is 0 Å². The molecule has 0 radical (unpaired) electrons. The number of nitrogens with zero attached hydrogens (tertiary/aromatic N) is 1. The predicted octanol–water partition coefficient (Wildman–Crippen LogP) is 2.67. The van der Waals surface area contributed by atoms with Crippen LogP contribution in [0.3, 0.4) is 0 Å². The maximum Gasteiger partial charge on any atom is 0.408 e. The lowest BCUT2D eigenvalue weighted by molar-refractivity contribution is -0.113. The van der Waals surface area contributed by atoms with Crippen LogP contribution in [0, 0.1) is 0 Å². The van der Waals surface area contributed by atoms with Crippen LogP contribution >= 0.6 is 11.6 Å². The molecule has 104 valence electrons. The third-order valence-electron chi connectivity index (χ3n) is 2.32. The highest BCUT2D eigenvalue weighted by Crippen LogP contribution is 2.20. The molecule has 0 fully saturated rings. The molecule has 0 aromatic carbocycles. The minimum Gasteiger partial charge on any atom is -0.444 e. The van der Waals surface area contributed by atoms with Gasteiger partial charge in [0, 0.05) is 11.8 Å². The lowest BCUT2D eigenvalue weighted by Gasteiger charge is -2.27. The van der Waals surface area contributed by atoms with Crippen molar-refractivity contribution < 1.29 is 14.3 Å². The van der Waals surface area contributed by atoms with Crippen molar-refractivity contribution in [2.24, 2.45) is 0 Å². The van der Waals surface area contributed by atoms with E-state index in [4.69, 9.17) is 16.3 Å². The minimum absolute atomic E-state index is 0.314. The number of ether oxygens (including phenoxy) is 1. The number of aromatic nitrogens is 1. The fourth-order valence-corrected chi connectivity index (χ4v) is 1.48. The van der Waals surface area contributed by atoms with Crippen molar-refractivity contribution in [2.75, 3.05) is 0 Å². The molecular formula is C13H17ClN2O3. The Labute approximate surface area is 117 Å². The van der Waals surface area contributed by atoms with Gasteiger partial charge in [0.05, 0.1) is 0 Å². The SMILES string of the molecule is CC(C)(C)OC(=O)N[C@](C)(C=O)c1ccc(Cl)nc1. The molecule has 0 aliphatic carbocycles. The zero-order chi connectivity index (χ0) is 14.7. The zero-order valence-corrected chi connectivity index (χ0v) is 12.1. The molecule has 1 heterocycles. The molecule has 0 aliphatic rings. The number of pyridine rings is 1. The van der Waals surface area contributed by atoms with Gasteiger partial charge in [-0.15, -0.1) is 0 Å². The van der Waals surface area contributed by atoms with E-state index >= 15 is 0 Å². The Kier molecular flexibility index (Phi) is 4.52. The molecule has 1 aromatic rings. The summed E-state index contributed by atoms with van der Waals surface area (Å²) in [6.45, 7) is 6.80. The van der Waals surface area contributed by atoms with E-state index in [1.165, 1.54) is 6.20 Å². The fraction of sp³-hybridized carbons (Fsp3) is 0.462. The number of carbonyl (C=O) groups is 2. The van der Waals surface area contributed by atoms with Crippen LogP contribution in [-0.4, -0.2) is 23.0 Å². The van der Waals surface area contributed by atoms with Crippen LogP contribution in [0.5, 0.6) is 0 Å². The van der Waals surface area contributed by atoms with E-state index in [-0.39, 0.29) is 0 Å². The van der Waals surface area contributed by atoms with Crippen LogP contribution in [0.2, 0.25) is 5.15 Å². The van der Waals surface area contributed by atoms with Crippen molar-refractivity contribution in [3.8, 4) is 0 Å². The lowest BCUT2D eigenvalue weighted by Crippen LogP contribution is -2.47. The summed E-state index contributed by atoms with van der Waals surface area (Å²) in [6.07, 6.45) is 1.40. The van der Waals surface area contributed by atoms with Gasteiger partial charge >= 0.3 is 6.09 Å². The third kappa shape index (κ3) is 4.52. The van der Waals surface area contributed by atoms with Gasteiger partial charge in [-0.05, 0) is 33.8 Å². The first kappa shape index (κ1) is 15.4. The number of rotatable bonds is 3. The second-order valence-corrected chi connectivity index (χ2v) is 5.70. The number of aldehydes is 1. The van der Waals surface area contributed by atoms with Gasteiger partial charge in [0.15, 0.2) is 0 Å². The van der Waals surface area contributed by atoms with Gasteiger partial charge in [0.2, 0.25) is 0 Å². The van der Waals surface area contributed by atoms with Crippen molar-refractivity contribution in [3.05, 3.63) is 29.0 Å². The Morgan fingerprint density at radius 1 is 1.37 bits per heavy atom. The number of amides is 1. The summed E-state index contributed by atoms with van der Waals surface area (Å²) in [4.78, 5) is 26.9. The Balaban J connectivity index is 2.89. The number of hydrogen-bond donors (Lipinski definition) is 1. The molecule has 0 bridgehead atoms. The van der Waals surface area contributed by atoms with Crippen molar-refractivity contribution in [3.63, 3.8) is 0 Å². The standard InChI is InChI=1S/C13H17ClN2O3/c1-12(2,3)19-11(18)16-13(4,8-17)9-5-6-10(14)15-7-9/h5-8H,1-4H3,(H,16,18)/t13-/m1/s1. The van der Waals surface area contributed by atoms with Gasteiger partial charge < -0.3 is 14.8 Å². The molecule has 6 heteroatoms. The van der Waals surface area contributed by atoms with E-state index in [9.17, 15) is 9.59 Å². The van der Waals surface area contributed by atoms with Crippen LogP contribution in [0.1, 0.15) is 33.3 Å². The predicted molar refractivity (Wildman–Crippen MR) is 72.0 cm³/mol. The quantitative estimate of drug-likeness (QED) is 0.684. The minimum atomic E-state index is -1.21. The summed E-state index contributed by atoms with van der Waals surface area (Å²) in [6, 6.07) is 3.18. The van der Waals surface area contributed by atoms with Gasteiger partial charge in [-0.1, -0.05) is 17.7 Å². The van der Waals surface area contributed by atoms with Crippen LogP contribution in [0.15, 0.2) is 18.3 Å². The molecule has 1 amide bonds. The van der Waals surface area contributed by atoms with E-state index < -0.39 is 17.2 Å². The van der Waals surface area contributed by atoms with E-state index in [2.05, 4.69) is 10.3 Å². The topological polar surface area (TPSA) is 68.3 Å². The molecular weight excluding hydrogens is 268 g/mol. The smallest absolute Gasteiger partial charge is 0.408 e. The van der Waals surface area contributed by atoms with Gasteiger partial charge in [-0.2, -0.15) is 0 Å². The first-order chi connectivity index (χ1) is 8.66. The number of carbonyl (C=O) groups excluding carboxylic acids is 2. The molecule has 1 N–H and O–H groups in total. The molecule has 0 spiro atoms. The van der Waals surface area contributed by atoms with Gasteiger partial charge in [-0.25, -0.2) is 9.78 Å². The molecule has 0 saturated heterocycles. The number of hydrogen-bond acceptors (Lipinski definition) is 4. The Morgan fingerprint density at radius 3 is 2.42 bits per heavy atom. The monoisotopic (exact) mass is 284 g/mol. The summed E-state index contributed by atoms with van der Waals surface area (Å²) in [7, 11) is 0. The maximum atomic E-state index is 11.7. The average molecular weight is 285 g/mol. The fourth-order valence-electron chi connectivity index (χ4n) is 1.37. The Bertz CT molecular complexity index is 468. The largest absolute Gasteiger partial charge is 0.444 e. The summed E-state index contributed by atoms with van der Waals surface area (Å²) >= 11 is 5.69. The normalized spacial score (nSPS) is 14.4. The van der Waals surface area contributed by atoms with Crippen LogP contribution in [-0.2, 0) is 15.1 Å². The van der Waals surface area contributed by atoms with Gasteiger partial charge in [-0.3, -0.25) is 0 Å². The molecule has 1 atom stereocenters. The second kappa shape index (κ2) is 5.57. The summed E-state index contributed by atoms with van der Waals surface area (Å²) < 4.78 is 5.13. The summed E-state index contributed by atoms with van der Waals surface area (Å²) in [5.41, 5.74) is -1.32.